The number of aromatic nitrogens is 1. The molecule has 1 heterocycles. The molecule has 0 spiro atoms. The zero-order chi connectivity index (χ0) is 21.9. The van der Waals surface area contributed by atoms with Gasteiger partial charge in [0.25, 0.3) is 11.5 Å². The second-order valence-electron chi connectivity index (χ2n) is 8.08. The van der Waals surface area contributed by atoms with E-state index in [2.05, 4.69) is 10.3 Å². The third-order valence-corrected chi connectivity index (χ3v) is 4.84. The molecule has 0 saturated carbocycles. The first kappa shape index (κ1) is 21.3. The van der Waals surface area contributed by atoms with E-state index in [9.17, 15) is 14.7 Å². The van der Waals surface area contributed by atoms with Crippen molar-refractivity contribution in [2.24, 2.45) is 0 Å². The van der Waals surface area contributed by atoms with Crippen LogP contribution < -0.4 is 15.6 Å². The zero-order valence-electron chi connectivity index (χ0n) is 17.6. The molecule has 0 atom stereocenters. The molecule has 6 heteroatoms. The van der Waals surface area contributed by atoms with Gasteiger partial charge < -0.3 is 20.1 Å². The average molecular weight is 406 g/mol. The first-order valence-electron chi connectivity index (χ1n) is 9.66. The number of rotatable bonds is 5. The molecular formula is C24H26N2O4. The lowest BCUT2D eigenvalue weighted by Gasteiger charge is -2.25. The molecule has 3 N–H and O–H groups in total. The number of aliphatic hydroxyl groups excluding tert-OH is 1. The quantitative estimate of drug-likeness (QED) is 0.595. The van der Waals surface area contributed by atoms with Gasteiger partial charge in [0, 0.05) is 23.0 Å². The lowest BCUT2D eigenvalue weighted by atomic mass is 9.83. The minimum atomic E-state index is -0.360. The summed E-state index contributed by atoms with van der Waals surface area (Å²) in [6, 6.07) is 14.0. The molecule has 0 unspecified atom stereocenters. The number of aromatic amines is 1. The third kappa shape index (κ3) is 4.44. The predicted octanol–water partition coefficient (Wildman–Crippen LogP) is 4.09. The van der Waals surface area contributed by atoms with Crippen LogP contribution in [0.3, 0.4) is 0 Å². The van der Waals surface area contributed by atoms with Crippen LogP contribution in [-0.4, -0.2) is 23.1 Å². The first-order valence-corrected chi connectivity index (χ1v) is 9.66. The van der Waals surface area contributed by atoms with Crippen molar-refractivity contribution in [3.63, 3.8) is 0 Å². The van der Waals surface area contributed by atoms with Gasteiger partial charge in [-0.1, -0.05) is 32.9 Å². The fourth-order valence-corrected chi connectivity index (χ4v) is 3.32. The Morgan fingerprint density at radius 3 is 2.53 bits per heavy atom. The summed E-state index contributed by atoms with van der Waals surface area (Å²) in [5.41, 5.74) is 2.96. The Kier molecular flexibility index (Phi) is 6.08. The van der Waals surface area contributed by atoms with Gasteiger partial charge in [-0.15, -0.1) is 0 Å². The van der Waals surface area contributed by atoms with E-state index < -0.39 is 0 Å². The molecule has 0 aliphatic heterocycles. The van der Waals surface area contributed by atoms with E-state index in [4.69, 9.17) is 4.74 Å². The van der Waals surface area contributed by atoms with Crippen molar-refractivity contribution in [1.29, 1.82) is 0 Å². The minimum absolute atomic E-state index is 0.118. The van der Waals surface area contributed by atoms with Crippen LogP contribution in [0.5, 0.6) is 5.75 Å². The fourth-order valence-electron chi connectivity index (χ4n) is 3.32. The highest BCUT2D eigenvalue weighted by molar-refractivity contribution is 6.07. The van der Waals surface area contributed by atoms with E-state index in [1.54, 1.807) is 48.7 Å². The second-order valence-corrected chi connectivity index (χ2v) is 8.08. The average Bonchev–Trinajstić information content (AvgIpc) is 2.72. The number of pyridine rings is 1. The van der Waals surface area contributed by atoms with Gasteiger partial charge in [0.15, 0.2) is 0 Å². The standard InChI is InChI=1S/C24H26N2O4/c1-24(2,3)20-13-16(18-9-6-10-25-22(18)28)12-19(21(20)30-4)23(29)26-17-8-5-7-15(11-17)14-27/h5-13,27H,14H2,1-4H3,(H,25,28)(H,26,29). The number of anilines is 1. The van der Waals surface area contributed by atoms with Gasteiger partial charge in [-0.05, 0) is 52.9 Å². The highest BCUT2D eigenvalue weighted by atomic mass is 16.5. The molecule has 156 valence electrons. The van der Waals surface area contributed by atoms with Crippen molar-refractivity contribution >= 4 is 11.6 Å². The maximum atomic E-state index is 13.2. The molecule has 3 aromatic rings. The molecule has 0 radical (unpaired) electrons. The SMILES string of the molecule is COc1c(C(=O)Nc2cccc(CO)c2)cc(-c2ccc[nH]c2=O)cc1C(C)(C)C. The van der Waals surface area contributed by atoms with Crippen molar-refractivity contribution in [3.8, 4) is 16.9 Å². The zero-order valence-corrected chi connectivity index (χ0v) is 17.6. The number of hydrogen-bond acceptors (Lipinski definition) is 4. The fraction of sp³-hybridized carbons (Fsp3) is 0.250. The molecule has 1 amide bonds. The normalized spacial score (nSPS) is 11.2. The molecule has 0 aliphatic rings. The summed E-state index contributed by atoms with van der Waals surface area (Å²) in [6.07, 6.45) is 1.57. The number of hydrogen-bond donors (Lipinski definition) is 3. The first-order chi connectivity index (χ1) is 14.2. The Labute approximate surface area is 175 Å². The maximum absolute atomic E-state index is 13.2. The van der Waals surface area contributed by atoms with Gasteiger partial charge in [-0.3, -0.25) is 9.59 Å². The van der Waals surface area contributed by atoms with Crippen LogP contribution in [0.4, 0.5) is 5.69 Å². The van der Waals surface area contributed by atoms with E-state index in [1.807, 2.05) is 26.8 Å². The van der Waals surface area contributed by atoms with E-state index in [0.717, 1.165) is 5.56 Å². The second kappa shape index (κ2) is 8.55. The number of benzene rings is 2. The number of carbonyl (C=O) groups excluding carboxylic acids is 1. The van der Waals surface area contributed by atoms with Crippen molar-refractivity contribution in [2.45, 2.75) is 32.8 Å². The summed E-state index contributed by atoms with van der Waals surface area (Å²) in [6.45, 7) is 5.95. The number of H-pyrrole nitrogens is 1. The van der Waals surface area contributed by atoms with Crippen LogP contribution in [0.15, 0.2) is 59.5 Å². The highest BCUT2D eigenvalue weighted by Crippen LogP contribution is 2.37. The molecule has 0 aliphatic carbocycles. The Morgan fingerprint density at radius 1 is 1.13 bits per heavy atom. The molecule has 3 rings (SSSR count). The van der Waals surface area contributed by atoms with Crippen LogP contribution in [0.25, 0.3) is 11.1 Å². The van der Waals surface area contributed by atoms with Gasteiger partial charge >= 0.3 is 0 Å². The molecule has 0 bridgehead atoms. The topological polar surface area (TPSA) is 91.4 Å². The highest BCUT2D eigenvalue weighted by Gasteiger charge is 2.26. The molecule has 1 aromatic heterocycles. The molecule has 2 aromatic carbocycles. The smallest absolute Gasteiger partial charge is 0.259 e. The molecule has 30 heavy (non-hydrogen) atoms. The van der Waals surface area contributed by atoms with E-state index >= 15 is 0 Å². The summed E-state index contributed by atoms with van der Waals surface area (Å²) in [5, 5.41) is 12.2. The lowest BCUT2D eigenvalue weighted by molar-refractivity contribution is 0.102. The van der Waals surface area contributed by atoms with Crippen molar-refractivity contribution < 1.29 is 14.6 Å². The number of ether oxygens (including phenoxy) is 1. The lowest BCUT2D eigenvalue weighted by Crippen LogP contribution is -2.19. The number of nitrogens with one attached hydrogen (secondary N) is 2. The molecule has 0 fully saturated rings. The molecular weight excluding hydrogens is 380 g/mol. The summed E-state index contributed by atoms with van der Waals surface area (Å²) >= 11 is 0. The van der Waals surface area contributed by atoms with Crippen LogP contribution in [0.2, 0.25) is 0 Å². The van der Waals surface area contributed by atoms with Crippen molar-refractivity contribution in [1.82, 2.24) is 4.98 Å². The Hall–Kier alpha value is -3.38. The van der Waals surface area contributed by atoms with Crippen LogP contribution >= 0.6 is 0 Å². The maximum Gasteiger partial charge on any atom is 0.259 e. The van der Waals surface area contributed by atoms with Gasteiger partial charge in [-0.2, -0.15) is 0 Å². The Bertz CT molecular complexity index is 1130. The Morgan fingerprint density at radius 2 is 1.90 bits per heavy atom. The van der Waals surface area contributed by atoms with Gasteiger partial charge in [-0.25, -0.2) is 0 Å². The largest absolute Gasteiger partial charge is 0.496 e. The summed E-state index contributed by atoms with van der Waals surface area (Å²) in [7, 11) is 1.53. The van der Waals surface area contributed by atoms with Crippen molar-refractivity contribution in [2.75, 3.05) is 12.4 Å². The van der Waals surface area contributed by atoms with Crippen molar-refractivity contribution in [3.05, 3.63) is 81.8 Å². The number of methoxy groups -OCH3 is 1. The van der Waals surface area contributed by atoms with E-state index in [-0.39, 0.29) is 23.5 Å². The van der Waals surface area contributed by atoms with Crippen LogP contribution in [0, 0.1) is 0 Å². The number of aliphatic hydroxyl groups is 1. The third-order valence-electron chi connectivity index (χ3n) is 4.84. The van der Waals surface area contributed by atoms with Gasteiger partial charge in [0.1, 0.15) is 5.75 Å². The monoisotopic (exact) mass is 406 g/mol. The molecule has 0 saturated heterocycles. The van der Waals surface area contributed by atoms with Gasteiger partial charge in [0.05, 0.1) is 19.3 Å². The minimum Gasteiger partial charge on any atom is -0.496 e. The van der Waals surface area contributed by atoms with Crippen LogP contribution in [0.1, 0.15) is 42.3 Å². The Balaban J connectivity index is 2.16. The summed E-state index contributed by atoms with van der Waals surface area (Å²) < 4.78 is 5.64. The number of amides is 1. The van der Waals surface area contributed by atoms with Crippen LogP contribution in [-0.2, 0) is 12.0 Å². The summed E-state index contributed by atoms with van der Waals surface area (Å²) in [5.74, 6) is 0.107. The van der Waals surface area contributed by atoms with Gasteiger partial charge in [0.2, 0.25) is 0 Å². The summed E-state index contributed by atoms with van der Waals surface area (Å²) in [4.78, 5) is 28.2. The predicted molar refractivity (Wildman–Crippen MR) is 118 cm³/mol. The van der Waals surface area contributed by atoms with E-state index in [1.165, 1.54) is 7.11 Å². The number of carbonyl (C=O) groups is 1. The van der Waals surface area contributed by atoms with E-state index in [0.29, 0.717) is 33.7 Å². The molecule has 6 nitrogen and oxygen atoms in total.